The number of pyridine rings is 1. The average Bonchev–Trinajstić information content (AvgIpc) is 2.98. The van der Waals surface area contributed by atoms with Crippen LogP contribution in [0.4, 0.5) is 11.6 Å². The van der Waals surface area contributed by atoms with Crippen molar-refractivity contribution in [3.05, 3.63) is 40.8 Å². The van der Waals surface area contributed by atoms with Crippen molar-refractivity contribution in [2.24, 2.45) is 0 Å². The SMILES string of the molecule is CC[C@H](Nc1ncnc2nc(N)ccc12)c1cccs1. The smallest absolute Gasteiger partial charge is 0.166 e. The summed E-state index contributed by atoms with van der Waals surface area (Å²) in [5, 5.41) is 6.44. The summed E-state index contributed by atoms with van der Waals surface area (Å²) in [6.45, 7) is 2.15. The molecule has 0 aliphatic carbocycles. The maximum Gasteiger partial charge on any atom is 0.166 e. The first kappa shape index (κ1) is 12.8. The number of nitrogens with two attached hydrogens (primary N) is 1. The molecule has 0 fully saturated rings. The van der Waals surface area contributed by atoms with Crippen LogP contribution < -0.4 is 11.1 Å². The van der Waals surface area contributed by atoms with Gasteiger partial charge in [-0.15, -0.1) is 11.3 Å². The molecule has 3 rings (SSSR count). The summed E-state index contributed by atoms with van der Waals surface area (Å²) in [6, 6.07) is 8.10. The number of thiophene rings is 1. The molecule has 3 aromatic rings. The first-order valence-corrected chi connectivity index (χ1v) is 7.33. The Morgan fingerprint density at radius 2 is 2.20 bits per heavy atom. The molecule has 3 N–H and O–H groups in total. The van der Waals surface area contributed by atoms with Crippen molar-refractivity contribution >= 4 is 34.0 Å². The molecule has 0 bridgehead atoms. The summed E-state index contributed by atoms with van der Waals surface area (Å²) in [5.74, 6) is 1.26. The second kappa shape index (κ2) is 5.42. The third-order valence-electron chi connectivity index (χ3n) is 3.12. The summed E-state index contributed by atoms with van der Waals surface area (Å²) >= 11 is 1.74. The highest BCUT2D eigenvalue weighted by Gasteiger charge is 2.13. The highest BCUT2D eigenvalue weighted by Crippen LogP contribution is 2.28. The monoisotopic (exact) mass is 285 g/mol. The lowest BCUT2D eigenvalue weighted by Gasteiger charge is -2.17. The summed E-state index contributed by atoms with van der Waals surface area (Å²) < 4.78 is 0. The minimum Gasteiger partial charge on any atom is -0.384 e. The highest BCUT2D eigenvalue weighted by atomic mass is 32.1. The lowest BCUT2D eigenvalue weighted by atomic mass is 10.2. The van der Waals surface area contributed by atoms with E-state index < -0.39 is 0 Å². The van der Waals surface area contributed by atoms with Crippen LogP contribution in [0.2, 0.25) is 0 Å². The summed E-state index contributed by atoms with van der Waals surface area (Å²) in [7, 11) is 0. The van der Waals surface area contributed by atoms with Gasteiger partial charge in [-0.05, 0) is 30.0 Å². The van der Waals surface area contributed by atoms with Crippen molar-refractivity contribution in [2.75, 3.05) is 11.1 Å². The zero-order chi connectivity index (χ0) is 13.9. The first-order chi connectivity index (χ1) is 9.78. The van der Waals surface area contributed by atoms with E-state index in [4.69, 9.17) is 5.73 Å². The standard InChI is InChI=1S/C14H15N5S/c1-2-10(11-4-3-7-20-11)18-13-9-5-6-12(15)19-14(9)17-8-16-13/h3-8,10H,2H2,1H3,(H3,15,16,17,18,19)/t10-/m0/s1. The molecule has 0 aromatic carbocycles. The Morgan fingerprint density at radius 1 is 1.30 bits per heavy atom. The minimum absolute atomic E-state index is 0.241. The van der Waals surface area contributed by atoms with Crippen LogP contribution in [0.15, 0.2) is 36.0 Å². The van der Waals surface area contributed by atoms with E-state index in [1.54, 1.807) is 17.4 Å². The highest BCUT2D eigenvalue weighted by molar-refractivity contribution is 7.10. The molecular formula is C14H15N5S. The van der Waals surface area contributed by atoms with Gasteiger partial charge in [-0.1, -0.05) is 13.0 Å². The third kappa shape index (κ3) is 2.42. The molecule has 3 heterocycles. The predicted molar refractivity (Wildman–Crippen MR) is 82.7 cm³/mol. The maximum atomic E-state index is 5.69. The molecule has 6 heteroatoms. The molecule has 0 aliphatic heterocycles. The Morgan fingerprint density at radius 3 is 2.95 bits per heavy atom. The van der Waals surface area contributed by atoms with Crippen molar-refractivity contribution in [1.29, 1.82) is 0 Å². The van der Waals surface area contributed by atoms with Crippen LogP contribution in [0.5, 0.6) is 0 Å². The van der Waals surface area contributed by atoms with E-state index in [0.717, 1.165) is 17.6 Å². The number of fused-ring (bicyclic) bond motifs is 1. The van der Waals surface area contributed by atoms with Gasteiger partial charge in [0.25, 0.3) is 0 Å². The number of nitrogen functional groups attached to an aromatic ring is 1. The van der Waals surface area contributed by atoms with Crippen LogP contribution in [-0.2, 0) is 0 Å². The lowest BCUT2D eigenvalue weighted by molar-refractivity contribution is 0.759. The van der Waals surface area contributed by atoms with Gasteiger partial charge in [0.1, 0.15) is 18.0 Å². The van der Waals surface area contributed by atoms with Crippen molar-refractivity contribution < 1.29 is 0 Å². The number of nitrogens with zero attached hydrogens (tertiary/aromatic N) is 3. The molecule has 0 spiro atoms. The molecular weight excluding hydrogens is 270 g/mol. The van der Waals surface area contributed by atoms with Crippen LogP contribution in [0.25, 0.3) is 11.0 Å². The Hall–Kier alpha value is -2.21. The topological polar surface area (TPSA) is 76.7 Å². The fourth-order valence-electron chi connectivity index (χ4n) is 2.10. The van der Waals surface area contributed by atoms with Crippen molar-refractivity contribution in [1.82, 2.24) is 15.0 Å². The van der Waals surface area contributed by atoms with E-state index in [2.05, 4.69) is 44.7 Å². The lowest BCUT2D eigenvalue weighted by Crippen LogP contribution is -2.10. The molecule has 3 aromatic heterocycles. The first-order valence-electron chi connectivity index (χ1n) is 6.45. The molecule has 0 amide bonds. The van der Waals surface area contributed by atoms with Gasteiger partial charge < -0.3 is 11.1 Å². The molecule has 102 valence electrons. The van der Waals surface area contributed by atoms with Crippen LogP contribution in [0.3, 0.4) is 0 Å². The number of aromatic nitrogens is 3. The molecule has 1 atom stereocenters. The van der Waals surface area contributed by atoms with Gasteiger partial charge in [0.15, 0.2) is 5.65 Å². The van der Waals surface area contributed by atoms with Crippen molar-refractivity contribution in [2.45, 2.75) is 19.4 Å². The molecule has 0 saturated heterocycles. The van der Waals surface area contributed by atoms with E-state index in [9.17, 15) is 0 Å². The second-order valence-corrected chi connectivity index (χ2v) is 5.43. The van der Waals surface area contributed by atoms with Gasteiger partial charge in [-0.25, -0.2) is 15.0 Å². The van der Waals surface area contributed by atoms with E-state index in [0.29, 0.717) is 11.5 Å². The second-order valence-electron chi connectivity index (χ2n) is 4.45. The summed E-state index contributed by atoms with van der Waals surface area (Å²) in [5.41, 5.74) is 6.30. The Labute approximate surface area is 120 Å². The quantitative estimate of drug-likeness (QED) is 0.769. The van der Waals surface area contributed by atoms with Gasteiger partial charge in [-0.2, -0.15) is 0 Å². The van der Waals surface area contributed by atoms with E-state index in [1.165, 1.54) is 11.2 Å². The zero-order valence-electron chi connectivity index (χ0n) is 11.1. The van der Waals surface area contributed by atoms with E-state index >= 15 is 0 Å². The largest absolute Gasteiger partial charge is 0.384 e. The molecule has 0 aliphatic rings. The van der Waals surface area contributed by atoms with Gasteiger partial charge in [0.05, 0.1) is 11.4 Å². The molecule has 5 nitrogen and oxygen atoms in total. The average molecular weight is 285 g/mol. The van der Waals surface area contributed by atoms with Gasteiger partial charge in [0.2, 0.25) is 0 Å². The molecule has 0 saturated carbocycles. The fourth-order valence-corrected chi connectivity index (χ4v) is 2.96. The number of hydrogen-bond donors (Lipinski definition) is 2. The third-order valence-corrected chi connectivity index (χ3v) is 4.11. The molecule has 20 heavy (non-hydrogen) atoms. The summed E-state index contributed by atoms with van der Waals surface area (Å²) in [6.07, 6.45) is 2.49. The number of hydrogen-bond acceptors (Lipinski definition) is 6. The van der Waals surface area contributed by atoms with Crippen molar-refractivity contribution in [3.8, 4) is 0 Å². The summed E-state index contributed by atoms with van der Waals surface area (Å²) in [4.78, 5) is 14.0. The number of rotatable bonds is 4. The Bertz CT molecular complexity index is 711. The van der Waals surface area contributed by atoms with Crippen LogP contribution in [-0.4, -0.2) is 15.0 Å². The van der Waals surface area contributed by atoms with Gasteiger partial charge >= 0.3 is 0 Å². The van der Waals surface area contributed by atoms with Gasteiger partial charge in [-0.3, -0.25) is 0 Å². The van der Waals surface area contributed by atoms with Gasteiger partial charge in [0, 0.05) is 4.88 Å². The van der Waals surface area contributed by atoms with Crippen molar-refractivity contribution in [3.63, 3.8) is 0 Å². The number of anilines is 2. The Balaban J connectivity index is 1.98. The zero-order valence-corrected chi connectivity index (χ0v) is 11.9. The van der Waals surface area contributed by atoms with E-state index in [1.807, 2.05) is 6.07 Å². The van der Waals surface area contributed by atoms with Crippen LogP contribution >= 0.6 is 11.3 Å². The van der Waals surface area contributed by atoms with Crippen LogP contribution in [0, 0.1) is 0 Å². The Kier molecular flexibility index (Phi) is 3.47. The fraction of sp³-hybridized carbons (Fsp3) is 0.214. The van der Waals surface area contributed by atoms with E-state index in [-0.39, 0.29) is 6.04 Å². The van der Waals surface area contributed by atoms with Crippen LogP contribution in [0.1, 0.15) is 24.3 Å². The molecule has 0 unspecified atom stereocenters. The predicted octanol–water partition coefficient (Wildman–Crippen LogP) is 3.23. The normalized spacial score (nSPS) is 12.4. The number of nitrogens with one attached hydrogen (secondary N) is 1. The molecule has 0 radical (unpaired) electrons. The minimum atomic E-state index is 0.241. The maximum absolute atomic E-state index is 5.69.